The number of aliphatic hydroxyl groups is 1. The molecule has 0 radical (unpaired) electrons. The monoisotopic (exact) mass is 391 g/mol. The minimum absolute atomic E-state index is 0.106. The number of benzene rings is 1. The maximum absolute atomic E-state index is 12.4. The molecule has 1 unspecified atom stereocenters. The van der Waals surface area contributed by atoms with E-state index in [1.54, 1.807) is 0 Å². The van der Waals surface area contributed by atoms with Crippen molar-refractivity contribution in [1.82, 2.24) is 4.90 Å². The number of carbonyl (C=O) groups excluding carboxylic acids is 1. The zero-order valence-electron chi connectivity index (χ0n) is 16.9. The summed E-state index contributed by atoms with van der Waals surface area (Å²) in [5.74, 6) is 0. The van der Waals surface area contributed by atoms with Crippen molar-refractivity contribution in [2.24, 2.45) is 0 Å². The number of piperidine rings is 1. The third-order valence-electron chi connectivity index (χ3n) is 6.32. The number of quaternary nitrogens is 1. The summed E-state index contributed by atoms with van der Waals surface area (Å²) in [4.78, 5) is 26.1. The van der Waals surface area contributed by atoms with Crippen LogP contribution < -0.4 is 0 Å². The van der Waals surface area contributed by atoms with Gasteiger partial charge in [-0.15, -0.1) is 0 Å². The Bertz CT molecular complexity index is 724. The lowest BCUT2D eigenvalue weighted by molar-refractivity contribution is -0.938. The highest BCUT2D eigenvalue weighted by molar-refractivity contribution is 5.69. The molecular weight excluding hydrogens is 360 g/mol. The van der Waals surface area contributed by atoms with Gasteiger partial charge in [0.1, 0.15) is 18.2 Å². The van der Waals surface area contributed by atoms with E-state index in [-0.39, 0.29) is 24.2 Å². The van der Waals surface area contributed by atoms with E-state index < -0.39 is 29.4 Å². The maximum atomic E-state index is 12.4. The van der Waals surface area contributed by atoms with Gasteiger partial charge in [-0.05, 0) is 39.2 Å². The summed E-state index contributed by atoms with van der Waals surface area (Å²) in [6.45, 7) is 6.61. The van der Waals surface area contributed by atoms with Crippen molar-refractivity contribution < 1.29 is 29.0 Å². The van der Waals surface area contributed by atoms with Crippen LogP contribution in [0.15, 0.2) is 30.3 Å². The van der Waals surface area contributed by atoms with Crippen molar-refractivity contribution in [2.45, 2.75) is 63.8 Å². The Hall–Kier alpha value is -2.12. The van der Waals surface area contributed by atoms with E-state index in [0.29, 0.717) is 13.0 Å². The molecule has 2 atom stereocenters. The maximum Gasteiger partial charge on any atom is 0.514 e. The van der Waals surface area contributed by atoms with Gasteiger partial charge in [-0.25, -0.2) is 9.28 Å². The summed E-state index contributed by atoms with van der Waals surface area (Å²) in [6, 6.07) is 8.97. The smallest absolute Gasteiger partial charge is 0.445 e. The Balaban J connectivity index is 1.68. The van der Waals surface area contributed by atoms with E-state index >= 15 is 0 Å². The first-order valence-corrected chi connectivity index (χ1v) is 9.89. The number of carbonyl (C=O) groups is 2. The molecule has 154 valence electrons. The van der Waals surface area contributed by atoms with Gasteiger partial charge in [-0.1, -0.05) is 30.3 Å². The molecule has 3 rings (SSSR count). The standard InChI is InChI=1S/C21H30N2O5/c1-20(2,3)23(19(25)26)12-8-7-11-17(23)21(27)14-22(15-21)18(24)28-13-16-9-5-4-6-10-16/h4-6,9-10,17,27H,7-8,11-15H2,1-3H3/p+1/t17-,23?/m1/s1. The van der Waals surface area contributed by atoms with Crippen molar-refractivity contribution >= 4 is 12.2 Å². The lowest BCUT2D eigenvalue weighted by Gasteiger charge is -2.59. The van der Waals surface area contributed by atoms with Gasteiger partial charge in [0, 0.05) is 6.42 Å². The molecular formula is C21H31N2O5+. The number of β-amino-alcohol motifs (C(OH)–C–C–N with tert-alkyl or cyclic N) is 1. The van der Waals surface area contributed by atoms with Gasteiger partial charge in [0.05, 0.1) is 19.6 Å². The molecule has 0 aromatic heterocycles. The first-order chi connectivity index (χ1) is 13.1. The number of likely N-dealkylation sites (tertiary alicyclic amines) is 2. The van der Waals surface area contributed by atoms with Crippen LogP contribution in [0.2, 0.25) is 0 Å². The number of hydrogen-bond acceptors (Lipinski definition) is 4. The van der Waals surface area contributed by atoms with Crippen molar-refractivity contribution in [1.29, 1.82) is 0 Å². The highest BCUT2D eigenvalue weighted by Gasteiger charge is 2.65. The van der Waals surface area contributed by atoms with Crippen molar-refractivity contribution in [3.8, 4) is 0 Å². The molecule has 0 aliphatic carbocycles. The van der Waals surface area contributed by atoms with Gasteiger partial charge < -0.3 is 19.8 Å². The first kappa shape index (κ1) is 20.6. The van der Waals surface area contributed by atoms with E-state index in [0.717, 1.165) is 18.4 Å². The number of nitrogens with zero attached hydrogens (tertiary/aromatic N) is 2. The second-order valence-electron chi connectivity index (χ2n) is 9.06. The van der Waals surface area contributed by atoms with Crippen LogP contribution in [0.5, 0.6) is 0 Å². The third-order valence-corrected chi connectivity index (χ3v) is 6.32. The SMILES string of the molecule is CC(C)(C)[N+]1(C(=O)O)CCCC[C@@H]1C1(O)CN(C(=O)OCc2ccccc2)C1. The van der Waals surface area contributed by atoms with Crippen LogP contribution in [0.3, 0.4) is 0 Å². The van der Waals surface area contributed by atoms with Gasteiger partial charge in [-0.3, -0.25) is 0 Å². The van der Waals surface area contributed by atoms with E-state index in [4.69, 9.17) is 4.74 Å². The molecule has 0 bridgehead atoms. The van der Waals surface area contributed by atoms with Gasteiger partial charge in [0.2, 0.25) is 0 Å². The van der Waals surface area contributed by atoms with E-state index in [1.165, 1.54) is 4.90 Å². The summed E-state index contributed by atoms with van der Waals surface area (Å²) in [6.07, 6.45) is 0.949. The normalized spacial score (nSPS) is 27.0. The number of amides is 2. The molecule has 2 heterocycles. The summed E-state index contributed by atoms with van der Waals surface area (Å²) in [7, 11) is 0. The molecule has 1 aromatic rings. The highest BCUT2D eigenvalue weighted by Crippen LogP contribution is 2.43. The predicted molar refractivity (Wildman–Crippen MR) is 104 cm³/mol. The van der Waals surface area contributed by atoms with Crippen LogP contribution in [0.4, 0.5) is 9.59 Å². The molecule has 0 saturated carbocycles. The van der Waals surface area contributed by atoms with E-state index in [2.05, 4.69) is 0 Å². The van der Waals surface area contributed by atoms with E-state index in [1.807, 2.05) is 51.1 Å². The second-order valence-corrected chi connectivity index (χ2v) is 9.06. The quantitative estimate of drug-likeness (QED) is 0.773. The fourth-order valence-electron chi connectivity index (χ4n) is 4.84. The Kier molecular flexibility index (Phi) is 5.42. The van der Waals surface area contributed by atoms with Crippen molar-refractivity contribution in [2.75, 3.05) is 19.6 Å². The van der Waals surface area contributed by atoms with Gasteiger partial charge in [0.25, 0.3) is 0 Å². The van der Waals surface area contributed by atoms with Gasteiger partial charge >= 0.3 is 12.2 Å². The minimum atomic E-state index is -1.21. The highest BCUT2D eigenvalue weighted by atomic mass is 16.6. The average molecular weight is 391 g/mol. The minimum Gasteiger partial charge on any atom is -0.445 e. The molecule has 1 aromatic carbocycles. The molecule has 2 aliphatic rings. The number of ether oxygens (including phenoxy) is 1. The van der Waals surface area contributed by atoms with Gasteiger partial charge in [0.15, 0.2) is 5.60 Å². The zero-order valence-corrected chi connectivity index (χ0v) is 16.9. The Morgan fingerprint density at radius 3 is 2.43 bits per heavy atom. The summed E-state index contributed by atoms with van der Waals surface area (Å²) < 4.78 is 5.16. The third kappa shape index (κ3) is 3.49. The second kappa shape index (κ2) is 7.37. The van der Waals surface area contributed by atoms with Crippen LogP contribution in [-0.2, 0) is 11.3 Å². The summed E-state index contributed by atoms with van der Waals surface area (Å²) >= 11 is 0. The van der Waals surface area contributed by atoms with Crippen LogP contribution >= 0.6 is 0 Å². The fourth-order valence-corrected chi connectivity index (χ4v) is 4.84. The molecule has 28 heavy (non-hydrogen) atoms. The average Bonchev–Trinajstić information content (AvgIpc) is 2.63. The summed E-state index contributed by atoms with van der Waals surface area (Å²) in [5, 5.41) is 21.4. The lowest BCUT2D eigenvalue weighted by atomic mass is 9.76. The number of rotatable bonds is 3. The Morgan fingerprint density at radius 1 is 1.21 bits per heavy atom. The number of carboxylic acid groups (broad SMARTS) is 1. The fraction of sp³-hybridized carbons (Fsp3) is 0.619. The molecule has 2 N–H and O–H groups in total. The molecule has 7 nitrogen and oxygen atoms in total. The predicted octanol–water partition coefficient (Wildman–Crippen LogP) is 3.22. The lowest BCUT2D eigenvalue weighted by Crippen LogP contribution is -2.81. The topological polar surface area (TPSA) is 87.1 Å². The van der Waals surface area contributed by atoms with Crippen LogP contribution in [0, 0.1) is 0 Å². The number of hydrogen-bond donors (Lipinski definition) is 2. The molecule has 2 fully saturated rings. The zero-order chi connectivity index (χ0) is 20.6. The molecule has 7 heteroatoms. The van der Waals surface area contributed by atoms with Gasteiger partial charge in [-0.2, -0.15) is 4.79 Å². The first-order valence-electron chi connectivity index (χ1n) is 9.89. The molecule has 0 spiro atoms. The van der Waals surface area contributed by atoms with Crippen LogP contribution in [0.1, 0.15) is 45.6 Å². The summed E-state index contributed by atoms with van der Waals surface area (Å²) in [5.41, 5.74) is -0.869. The molecule has 2 amide bonds. The van der Waals surface area contributed by atoms with Crippen LogP contribution in [-0.4, -0.2) is 68.6 Å². The van der Waals surface area contributed by atoms with Crippen molar-refractivity contribution in [3.63, 3.8) is 0 Å². The Labute approximate surface area is 166 Å². The Morgan fingerprint density at radius 2 is 1.86 bits per heavy atom. The molecule has 2 aliphatic heterocycles. The van der Waals surface area contributed by atoms with E-state index in [9.17, 15) is 19.8 Å². The molecule has 2 saturated heterocycles. The van der Waals surface area contributed by atoms with Crippen molar-refractivity contribution in [3.05, 3.63) is 35.9 Å². The van der Waals surface area contributed by atoms with Crippen LogP contribution in [0.25, 0.3) is 0 Å². The largest absolute Gasteiger partial charge is 0.514 e.